The number of amides is 1. The van der Waals surface area contributed by atoms with Gasteiger partial charge in [0.05, 0.1) is 5.60 Å². The van der Waals surface area contributed by atoms with Crippen molar-refractivity contribution in [2.75, 3.05) is 13.7 Å². The first-order valence-corrected chi connectivity index (χ1v) is 10.9. The molecule has 1 saturated heterocycles. The van der Waals surface area contributed by atoms with Crippen LogP contribution in [0.15, 0.2) is 42.5 Å². The second kappa shape index (κ2) is 10.2. The van der Waals surface area contributed by atoms with E-state index in [1.54, 1.807) is 38.1 Å². The van der Waals surface area contributed by atoms with E-state index in [4.69, 9.17) is 14.2 Å². The molecule has 7 nitrogen and oxygen atoms in total. The highest BCUT2D eigenvalue weighted by atomic mass is 19.1. The average Bonchev–Trinajstić information content (AvgIpc) is 2.75. The number of benzene rings is 2. The standard InChI is InChI=1S/C25H32FNO6/c1-14(13-27-15(2)28)19-10-9-18(12-20(19)16-7-6-8-17(26)11-16)32-24-22(30)21(29)23(31-5)25(3,4)33-24/h6-12,14,21-24,29-30H,13H2,1-5H3,(H,27,28)/t14?,21-,22+,23+,24+/m0/s1. The normalized spacial score (nSPS) is 25.3. The van der Waals surface area contributed by atoms with Gasteiger partial charge in [0.25, 0.3) is 0 Å². The van der Waals surface area contributed by atoms with Crippen LogP contribution < -0.4 is 10.1 Å². The number of hydrogen-bond donors (Lipinski definition) is 3. The molecule has 0 bridgehead atoms. The summed E-state index contributed by atoms with van der Waals surface area (Å²) < 4.78 is 31.1. The number of methoxy groups -OCH3 is 1. The molecule has 1 aliphatic rings. The predicted octanol–water partition coefficient (Wildman–Crippen LogP) is 2.98. The summed E-state index contributed by atoms with van der Waals surface area (Å²) in [5, 5.41) is 23.9. The summed E-state index contributed by atoms with van der Waals surface area (Å²) in [6.45, 7) is 7.33. The summed E-state index contributed by atoms with van der Waals surface area (Å²) in [6, 6.07) is 11.5. The Kier molecular flexibility index (Phi) is 7.74. The molecule has 0 spiro atoms. The van der Waals surface area contributed by atoms with Gasteiger partial charge in [-0.3, -0.25) is 4.79 Å². The number of hydrogen-bond acceptors (Lipinski definition) is 6. The third-order valence-electron chi connectivity index (χ3n) is 5.90. The van der Waals surface area contributed by atoms with Gasteiger partial charge in [0.2, 0.25) is 12.2 Å². The molecule has 3 N–H and O–H groups in total. The monoisotopic (exact) mass is 461 g/mol. The SMILES string of the molecule is CO[C@@H]1[C@@H](O)[C@@H](O)[C@H](Oc2ccc(C(C)CNC(C)=O)c(-c3cccc(F)c3)c2)OC1(C)C. The largest absolute Gasteiger partial charge is 0.462 e. The van der Waals surface area contributed by atoms with Gasteiger partial charge >= 0.3 is 0 Å². The van der Waals surface area contributed by atoms with Crippen LogP contribution in [0.25, 0.3) is 11.1 Å². The molecule has 2 aromatic carbocycles. The number of aliphatic hydroxyl groups excluding tert-OH is 2. The lowest BCUT2D eigenvalue weighted by Gasteiger charge is -2.46. The second-order valence-corrected chi connectivity index (χ2v) is 8.94. The molecule has 1 aliphatic heterocycles. The molecule has 180 valence electrons. The molecular formula is C25H32FNO6. The Hall–Kier alpha value is -2.52. The van der Waals surface area contributed by atoms with E-state index in [0.29, 0.717) is 17.9 Å². The van der Waals surface area contributed by atoms with Gasteiger partial charge in [-0.2, -0.15) is 0 Å². The fraction of sp³-hybridized carbons (Fsp3) is 0.480. The third-order valence-corrected chi connectivity index (χ3v) is 5.90. The minimum Gasteiger partial charge on any atom is -0.462 e. The fourth-order valence-electron chi connectivity index (χ4n) is 4.19. The molecule has 0 saturated carbocycles. The zero-order valence-corrected chi connectivity index (χ0v) is 19.5. The number of carbonyl (C=O) groups is 1. The van der Waals surface area contributed by atoms with E-state index in [2.05, 4.69) is 5.32 Å². The van der Waals surface area contributed by atoms with Crippen molar-refractivity contribution < 1.29 is 33.6 Å². The van der Waals surface area contributed by atoms with Gasteiger partial charge in [-0.25, -0.2) is 4.39 Å². The number of aliphatic hydroxyl groups is 2. The first-order valence-electron chi connectivity index (χ1n) is 10.9. The van der Waals surface area contributed by atoms with Crippen LogP contribution >= 0.6 is 0 Å². The van der Waals surface area contributed by atoms with Crippen LogP contribution in [-0.2, 0) is 14.3 Å². The van der Waals surface area contributed by atoms with Crippen LogP contribution in [0.5, 0.6) is 5.75 Å². The van der Waals surface area contributed by atoms with Gasteiger partial charge in [-0.1, -0.05) is 25.1 Å². The number of halogens is 1. The fourth-order valence-corrected chi connectivity index (χ4v) is 4.19. The van der Waals surface area contributed by atoms with E-state index in [0.717, 1.165) is 11.1 Å². The lowest BCUT2D eigenvalue weighted by atomic mass is 9.89. The Morgan fingerprint density at radius 1 is 1.21 bits per heavy atom. The zero-order chi connectivity index (χ0) is 24.3. The molecule has 1 amide bonds. The summed E-state index contributed by atoms with van der Waals surface area (Å²) in [5.41, 5.74) is 1.36. The quantitative estimate of drug-likeness (QED) is 0.587. The van der Waals surface area contributed by atoms with Crippen molar-refractivity contribution in [3.05, 3.63) is 53.8 Å². The first-order chi connectivity index (χ1) is 15.5. The van der Waals surface area contributed by atoms with Crippen LogP contribution in [0.1, 0.15) is 39.2 Å². The number of ether oxygens (including phenoxy) is 3. The van der Waals surface area contributed by atoms with Crippen molar-refractivity contribution in [1.29, 1.82) is 0 Å². The van der Waals surface area contributed by atoms with Crippen molar-refractivity contribution in [2.24, 2.45) is 0 Å². The molecule has 2 aromatic rings. The highest BCUT2D eigenvalue weighted by Crippen LogP contribution is 2.36. The van der Waals surface area contributed by atoms with Gasteiger partial charge in [0, 0.05) is 20.6 Å². The molecule has 0 aliphatic carbocycles. The van der Waals surface area contributed by atoms with Gasteiger partial charge in [0.1, 0.15) is 29.9 Å². The van der Waals surface area contributed by atoms with Crippen LogP contribution in [0.2, 0.25) is 0 Å². The summed E-state index contributed by atoms with van der Waals surface area (Å²) in [7, 11) is 1.44. The molecule has 1 heterocycles. The molecule has 1 unspecified atom stereocenters. The summed E-state index contributed by atoms with van der Waals surface area (Å²) >= 11 is 0. The molecule has 5 atom stereocenters. The number of nitrogens with one attached hydrogen (secondary N) is 1. The Morgan fingerprint density at radius 3 is 2.58 bits per heavy atom. The van der Waals surface area contributed by atoms with Gasteiger partial charge in [-0.15, -0.1) is 0 Å². The molecule has 3 rings (SSSR count). The van der Waals surface area contributed by atoms with Crippen LogP contribution in [0.3, 0.4) is 0 Å². The van der Waals surface area contributed by atoms with Crippen molar-refractivity contribution in [2.45, 2.75) is 63.8 Å². The summed E-state index contributed by atoms with van der Waals surface area (Å²) in [4.78, 5) is 11.4. The Labute approximate surface area is 193 Å². The van der Waals surface area contributed by atoms with Gasteiger partial charge in [-0.05, 0) is 60.7 Å². The highest BCUT2D eigenvalue weighted by molar-refractivity contribution is 5.73. The maximum Gasteiger partial charge on any atom is 0.229 e. The summed E-state index contributed by atoms with van der Waals surface area (Å²) in [5.74, 6) is -0.178. The van der Waals surface area contributed by atoms with Crippen molar-refractivity contribution in [3.8, 4) is 16.9 Å². The number of carbonyl (C=O) groups excluding carboxylic acids is 1. The average molecular weight is 462 g/mol. The lowest BCUT2D eigenvalue weighted by molar-refractivity contribution is -0.305. The number of rotatable bonds is 7. The topological polar surface area (TPSA) is 97.3 Å². The molecule has 1 fully saturated rings. The Morgan fingerprint density at radius 2 is 1.94 bits per heavy atom. The van der Waals surface area contributed by atoms with Gasteiger partial charge < -0.3 is 29.7 Å². The molecule has 0 radical (unpaired) electrons. The zero-order valence-electron chi connectivity index (χ0n) is 19.5. The molecule has 8 heteroatoms. The van der Waals surface area contributed by atoms with E-state index in [-0.39, 0.29) is 17.6 Å². The Bertz CT molecular complexity index is 981. The summed E-state index contributed by atoms with van der Waals surface area (Å²) in [6.07, 6.45) is -4.40. The van der Waals surface area contributed by atoms with E-state index in [1.807, 2.05) is 13.0 Å². The lowest BCUT2D eigenvalue weighted by Crippen LogP contribution is -2.63. The van der Waals surface area contributed by atoms with Crippen molar-refractivity contribution >= 4 is 5.91 Å². The predicted molar refractivity (Wildman–Crippen MR) is 121 cm³/mol. The van der Waals surface area contributed by atoms with Crippen LogP contribution in [0, 0.1) is 5.82 Å². The molecule has 33 heavy (non-hydrogen) atoms. The molecule has 0 aromatic heterocycles. The van der Waals surface area contributed by atoms with Crippen LogP contribution in [0.4, 0.5) is 4.39 Å². The minimum atomic E-state index is -1.33. The van der Waals surface area contributed by atoms with E-state index in [1.165, 1.54) is 26.2 Å². The maximum atomic E-state index is 14.0. The smallest absolute Gasteiger partial charge is 0.229 e. The van der Waals surface area contributed by atoms with E-state index in [9.17, 15) is 19.4 Å². The van der Waals surface area contributed by atoms with Crippen molar-refractivity contribution in [1.82, 2.24) is 5.32 Å². The van der Waals surface area contributed by atoms with Crippen molar-refractivity contribution in [3.63, 3.8) is 0 Å². The van der Waals surface area contributed by atoms with Gasteiger partial charge in [0.15, 0.2) is 0 Å². The highest BCUT2D eigenvalue weighted by Gasteiger charge is 2.50. The maximum absolute atomic E-state index is 14.0. The van der Waals surface area contributed by atoms with E-state index < -0.39 is 30.2 Å². The van der Waals surface area contributed by atoms with E-state index >= 15 is 0 Å². The second-order valence-electron chi connectivity index (χ2n) is 8.94. The minimum absolute atomic E-state index is 0.0547. The third kappa shape index (κ3) is 5.70. The molecular weight excluding hydrogens is 429 g/mol. The first kappa shape index (κ1) is 25.1. The Balaban J connectivity index is 1.94. The van der Waals surface area contributed by atoms with Crippen LogP contribution in [-0.4, -0.2) is 60.0 Å².